The summed E-state index contributed by atoms with van der Waals surface area (Å²) in [7, 11) is 0. The molecule has 3 N–H and O–H groups in total. The van der Waals surface area contributed by atoms with Crippen LogP contribution >= 0.6 is 0 Å². The van der Waals surface area contributed by atoms with Gasteiger partial charge in [0.05, 0.1) is 0 Å². The molecule has 21 heavy (non-hydrogen) atoms. The maximum atomic E-state index is 13.3. The maximum absolute atomic E-state index is 13.3. The number of furan rings is 1. The van der Waals surface area contributed by atoms with E-state index < -0.39 is 5.60 Å². The molecule has 0 saturated heterocycles. The summed E-state index contributed by atoms with van der Waals surface area (Å²) in [5.41, 5.74) is 7.73. The lowest BCUT2D eigenvalue weighted by Crippen LogP contribution is -2.23. The van der Waals surface area contributed by atoms with Crippen molar-refractivity contribution in [1.82, 2.24) is 0 Å². The Kier molecular flexibility index (Phi) is 2.41. The third kappa shape index (κ3) is 1.76. The summed E-state index contributed by atoms with van der Waals surface area (Å²) in [6.07, 6.45) is 1.27. The van der Waals surface area contributed by atoms with Crippen molar-refractivity contribution in [3.8, 4) is 0 Å². The van der Waals surface area contributed by atoms with Crippen LogP contribution in [-0.4, -0.2) is 5.11 Å². The molecule has 0 amide bonds. The molecular formula is C17H14FNO2. The summed E-state index contributed by atoms with van der Waals surface area (Å²) in [6, 6.07) is 11.5. The minimum absolute atomic E-state index is 0.318. The van der Waals surface area contributed by atoms with Crippen molar-refractivity contribution >= 4 is 16.7 Å². The van der Waals surface area contributed by atoms with Crippen LogP contribution in [0.4, 0.5) is 10.1 Å². The molecule has 0 fully saturated rings. The highest BCUT2D eigenvalue weighted by Crippen LogP contribution is 2.44. The van der Waals surface area contributed by atoms with Crippen LogP contribution in [0.1, 0.15) is 23.3 Å². The van der Waals surface area contributed by atoms with Crippen molar-refractivity contribution in [3.63, 3.8) is 0 Å². The van der Waals surface area contributed by atoms with Crippen molar-refractivity contribution in [2.75, 3.05) is 5.73 Å². The first kappa shape index (κ1) is 12.4. The van der Waals surface area contributed by atoms with Gasteiger partial charge in [-0.15, -0.1) is 0 Å². The molecule has 3 nitrogen and oxygen atoms in total. The van der Waals surface area contributed by atoms with E-state index in [2.05, 4.69) is 0 Å². The van der Waals surface area contributed by atoms with E-state index >= 15 is 0 Å². The van der Waals surface area contributed by atoms with E-state index in [1.54, 1.807) is 18.2 Å². The standard InChI is InChI=1S/C17H14FNO2/c18-12-1-4-15-11(7-12)9-16(21-15)17(20)6-5-10-8-13(19)2-3-14(10)17/h1-4,7-9,20H,5-6,19H2. The molecule has 106 valence electrons. The molecule has 4 rings (SSSR count). The third-order valence-electron chi connectivity index (χ3n) is 4.22. The first-order valence-electron chi connectivity index (χ1n) is 6.87. The zero-order valence-corrected chi connectivity index (χ0v) is 11.3. The molecule has 4 heteroatoms. The fourth-order valence-corrected chi connectivity index (χ4v) is 3.15. The SMILES string of the molecule is Nc1ccc2c(c1)CCC2(O)c1cc2cc(F)ccc2o1. The van der Waals surface area contributed by atoms with Crippen LogP contribution in [0.15, 0.2) is 46.9 Å². The predicted octanol–water partition coefficient (Wildman–Crippen LogP) is 3.34. The Morgan fingerprint density at radius 1 is 1.14 bits per heavy atom. The van der Waals surface area contributed by atoms with Gasteiger partial charge in [-0.3, -0.25) is 0 Å². The Bertz CT molecular complexity index is 855. The number of aryl methyl sites for hydroxylation is 1. The molecule has 3 aromatic rings. The number of nitrogen functional groups attached to an aromatic ring is 1. The second kappa shape index (κ2) is 4.09. The number of benzene rings is 2. The van der Waals surface area contributed by atoms with E-state index in [4.69, 9.17) is 10.2 Å². The van der Waals surface area contributed by atoms with Crippen molar-refractivity contribution < 1.29 is 13.9 Å². The number of anilines is 1. The van der Waals surface area contributed by atoms with Gasteiger partial charge in [0.15, 0.2) is 0 Å². The lowest BCUT2D eigenvalue weighted by molar-refractivity contribution is 0.0605. The van der Waals surface area contributed by atoms with E-state index in [1.807, 2.05) is 12.1 Å². The van der Waals surface area contributed by atoms with E-state index in [0.29, 0.717) is 28.8 Å². The van der Waals surface area contributed by atoms with Gasteiger partial charge in [-0.2, -0.15) is 0 Å². The topological polar surface area (TPSA) is 59.4 Å². The van der Waals surface area contributed by atoms with Crippen molar-refractivity contribution in [2.24, 2.45) is 0 Å². The van der Waals surface area contributed by atoms with Crippen molar-refractivity contribution in [3.05, 3.63) is 65.2 Å². The van der Waals surface area contributed by atoms with Crippen molar-refractivity contribution in [2.45, 2.75) is 18.4 Å². The van der Waals surface area contributed by atoms with Gasteiger partial charge in [0.25, 0.3) is 0 Å². The molecule has 0 spiro atoms. The van der Waals surface area contributed by atoms with E-state index in [1.165, 1.54) is 12.1 Å². The largest absolute Gasteiger partial charge is 0.458 e. The molecule has 0 saturated carbocycles. The van der Waals surface area contributed by atoms with Crippen LogP contribution in [0.5, 0.6) is 0 Å². The Balaban J connectivity index is 1.89. The fraction of sp³-hybridized carbons (Fsp3) is 0.176. The molecule has 1 aliphatic carbocycles. The second-order valence-corrected chi connectivity index (χ2v) is 5.57. The predicted molar refractivity (Wildman–Crippen MR) is 78.3 cm³/mol. The number of nitrogens with two attached hydrogens (primary N) is 1. The summed E-state index contributed by atoms with van der Waals surface area (Å²) in [5.74, 6) is 0.132. The van der Waals surface area contributed by atoms with Gasteiger partial charge in [-0.1, -0.05) is 6.07 Å². The number of hydrogen-bond acceptors (Lipinski definition) is 3. The molecule has 0 bridgehead atoms. The number of hydrogen-bond donors (Lipinski definition) is 2. The number of rotatable bonds is 1. The Morgan fingerprint density at radius 3 is 2.86 bits per heavy atom. The van der Waals surface area contributed by atoms with Gasteiger partial charge in [-0.25, -0.2) is 4.39 Å². The Labute approximate surface area is 120 Å². The first-order valence-corrected chi connectivity index (χ1v) is 6.87. The molecule has 0 radical (unpaired) electrons. The average molecular weight is 283 g/mol. The van der Waals surface area contributed by atoms with Gasteiger partial charge in [0.1, 0.15) is 22.8 Å². The molecule has 0 aliphatic heterocycles. The molecule has 1 heterocycles. The summed E-state index contributed by atoms with van der Waals surface area (Å²) < 4.78 is 19.0. The first-order chi connectivity index (χ1) is 10.1. The van der Waals surface area contributed by atoms with Gasteiger partial charge in [0, 0.05) is 11.1 Å². The summed E-state index contributed by atoms with van der Waals surface area (Å²) >= 11 is 0. The molecule has 2 aromatic carbocycles. The van der Waals surface area contributed by atoms with E-state index in [-0.39, 0.29) is 5.82 Å². The number of aliphatic hydroxyl groups is 1. The van der Waals surface area contributed by atoms with Crippen molar-refractivity contribution in [1.29, 1.82) is 0 Å². The van der Waals surface area contributed by atoms with E-state index in [9.17, 15) is 9.50 Å². The van der Waals surface area contributed by atoms with Crippen LogP contribution in [0.3, 0.4) is 0 Å². The summed E-state index contributed by atoms with van der Waals surface area (Å²) in [4.78, 5) is 0. The lowest BCUT2D eigenvalue weighted by Gasteiger charge is -2.21. The van der Waals surface area contributed by atoms with Crippen LogP contribution in [-0.2, 0) is 12.0 Å². The van der Waals surface area contributed by atoms with Gasteiger partial charge >= 0.3 is 0 Å². The van der Waals surface area contributed by atoms with Gasteiger partial charge < -0.3 is 15.3 Å². The highest BCUT2D eigenvalue weighted by atomic mass is 19.1. The summed E-state index contributed by atoms with van der Waals surface area (Å²) in [6.45, 7) is 0. The normalized spacial score (nSPS) is 20.9. The van der Waals surface area contributed by atoms with E-state index in [0.717, 1.165) is 17.5 Å². The summed E-state index contributed by atoms with van der Waals surface area (Å²) in [5, 5.41) is 11.7. The Hall–Kier alpha value is -2.33. The monoisotopic (exact) mass is 283 g/mol. The van der Waals surface area contributed by atoms with Gasteiger partial charge in [0.2, 0.25) is 0 Å². The van der Waals surface area contributed by atoms with Gasteiger partial charge in [-0.05, 0) is 60.4 Å². The zero-order chi connectivity index (χ0) is 14.6. The minimum Gasteiger partial charge on any atom is -0.458 e. The molecular weight excluding hydrogens is 269 g/mol. The van der Waals surface area contributed by atoms with Crippen LogP contribution in [0, 0.1) is 5.82 Å². The quantitative estimate of drug-likeness (QED) is 0.673. The molecule has 1 atom stereocenters. The lowest BCUT2D eigenvalue weighted by atomic mass is 9.93. The average Bonchev–Trinajstić information content (AvgIpc) is 3.01. The van der Waals surface area contributed by atoms with Crippen LogP contribution < -0.4 is 5.73 Å². The highest BCUT2D eigenvalue weighted by molar-refractivity contribution is 5.78. The number of halogens is 1. The zero-order valence-electron chi connectivity index (χ0n) is 11.3. The second-order valence-electron chi connectivity index (χ2n) is 5.57. The smallest absolute Gasteiger partial charge is 0.148 e. The minimum atomic E-state index is -1.17. The number of fused-ring (bicyclic) bond motifs is 2. The maximum Gasteiger partial charge on any atom is 0.148 e. The fourth-order valence-electron chi connectivity index (χ4n) is 3.15. The third-order valence-corrected chi connectivity index (χ3v) is 4.22. The molecule has 1 aliphatic rings. The van der Waals surface area contributed by atoms with Crippen LogP contribution in [0.2, 0.25) is 0 Å². The highest BCUT2D eigenvalue weighted by Gasteiger charge is 2.41. The molecule has 1 aromatic heterocycles. The molecule has 1 unspecified atom stereocenters. The Morgan fingerprint density at radius 2 is 2.00 bits per heavy atom. The van der Waals surface area contributed by atoms with Crippen LogP contribution in [0.25, 0.3) is 11.0 Å².